The summed E-state index contributed by atoms with van der Waals surface area (Å²) < 4.78 is 0. The van der Waals surface area contributed by atoms with Crippen LogP contribution < -0.4 is 5.32 Å². The maximum Gasteiger partial charge on any atom is 0.234 e. The van der Waals surface area contributed by atoms with Gasteiger partial charge in [-0.15, -0.1) is 23.1 Å². The van der Waals surface area contributed by atoms with Gasteiger partial charge in [-0.2, -0.15) is 0 Å². The zero-order valence-corrected chi connectivity index (χ0v) is 18.4. The minimum atomic E-state index is 0.0297. The highest BCUT2D eigenvalue weighted by Gasteiger charge is 2.09. The Morgan fingerprint density at radius 3 is 2.43 bits per heavy atom. The van der Waals surface area contributed by atoms with E-state index in [0.29, 0.717) is 11.7 Å². The monoisotopic (exact) mass is 410 g/mol. The van der Waals surface area contributed by atoms with E-state index in [1.165, 1.54) is 5.56 Å². The molecule has 1 amide bonds. The van der Waals surface area contributed by atoms with Crippen molar-refractivity contribution in [3.05, 3.63) is 70.2 Å². The van der Waals surface area contributed by atoms with Crippen LogP contribution in [0, 0.1) is 13.8 Å². The van der Waals surface area contributed by atoms with E-state index in [-0.39, 0.29) is 5.91 Å². The van der Waals surface area contributed by atoms with Crippen LogP contribution in [0.4, 0.5) is 5.69 Å². The van der Waals surface area contributed by atoms with Crippen molar-refractivity contribution in [1.29, 1.82) is 0 Å². The molecule has 0 aliphatic rings. The van der Waals surface area contributed by atoms with Crippen LogP contribution in [0.1, 0.15) is 42.1 Å². The molecular weight excluding hydrogens is 384 g/mol. The van der Waals surface area contributed by atoms with E-state index < -0.39 is 0 Å². The van der Waals surface area contributed by atoms with Crippen LogP contribution in [0.2, 0.25) is 0 Å². The number of anilines is 1. The minimum Gasteiger partial charge on any atom is -0.325 e. The van der Waals surface area contributed by atoms with Gasteiger partial charge in [-0.1, -0.05) is 56.3 Å². The van der Waals surface area contributed by atoms with E-state index in [4.69, 9.17) is 4.98 Å². The first kappa shape index (κ1) is 20.6. The Kier molecular flexibility index (Phi) is 6.92. The van der Waals surface area contributed by atoms with E-state index in [1.54, 1.807) is 23.1 Å². The standard InChI is InChI=1S/C23H26N2OS2/c1-15(2)18-8-10-19(11-9-18)23-24-20(13-28-23)12-27-14-21(26)25-22-16(3)6-5-7-17(22)4/h5-11,13,15H,12,14H2,1-4H3,(H,25,26). The van der Waals surface area contributed by atoms with E-state index in [2.05, 4.69) is 48.8 Å². The highest BCUT2D eigenvalue weighted by molar-refractivity contribution is 7.99. The molecule has 1 aromatic heterocycles. The first-order valence-electron chi connectivity index (χ1n) is 9.42. The molecule has 0 saturated heterocycles. The van der Waals surface area contributed by atoms with Crippen LogP contribution in [0.25, 0.3) is 10.6 Å². The number of aryl methyl sites for hydroxylation is 2. The third-order valence-electron chi connectivity index (χ3n) is 4.60. The average molecular weight is 411 g/mol. The molecule has 0 aliphatic carbocycles. The van der Waals surface area contributed by atoms with Gasteiger partial charge in [-0.05, 0) is 36.5 Å². The van der Waals surface area contributed by atoms with Crippen LogP contribution in [-0.4, -0.2) is 16.6 Å². The quantitative estimate of drug-likeness (QED) is 0.488. The molecule has 3 nitrogen and oxygen atoms in total. The fourth-order valence-corrected chi connectivity index (χ4v) is 4.60. The van der Waals surface area contributed by atoms with Gasteiger partial charge in [0, 0.05) is 22.4 Å². The lowest BCUT2D eigenvalue weighted by atomic mass is 10.0. The molecule has 1 N–H and O–H groups in total. The van der Waals surface area contributed by atoms with Crippen molar-refractivity contribution in [2.24, 2.45) is 0 Å². The van der Waals surface area contributed by atoms with Crippen LogP contribution in [0.5, 0.6) is 0 Å². The normalized spacial score (nSPS) is 11.0. The zero-order chi connectivity index (χ0) is 20.1. The van der Waals surface area contributed by atoms with Crippen molar-refractivity contribution in [3.8, 4) is 10.6 Å². The number of nitrogens with one attached hydrogen (secondary N) is 1. The first-order chi connectivity index (χ1) is 13.4. The average Bonchev–Trinajstić information content (AvgIpc) is 3.14. The number of rotatable bonds is 7. The number of aromatic nitrogens is 1. The van der Waals surface area contributed by atoms with Crippen molar-refractivity contribution in [2.45, 2.75) is 39.4 Å². The summed E-state index contributed by atoms with van der Waals surface area (Å²) >= 11 is 3.25. The van der Waals surface area contributed by atoms with Gasteiger partial charge in [0.05, 0.1) is 11.4 Å². The number of hydrogen-bond acceptors (Lipinski definition) is 4. The second-order valence-corrected chi connectivity index (χ2v) is 9.07. The topological polar surface area (TPSA) is 42.0 Å². The Hall–Kier alpha value is -2.11. The molecule has 0 saturated carbocycles. The molecule has 0 radical (unpaired) electrons. The van der Waals surface area contributed by atoms with Crippen LogP contribution >= 0.6 is 23.1 Å². The van der Waals surface area contributed by atoms with Gasteiger partial charge < -0.3 is 5.32 Å². The molecule has 28 heavy (non-hydrogen) atoms. The Bertz CT molecular complexity index is 925. The number of thiazole rings is 1. The lowest BCUT2D eigenvalue weighted by Gasteiger charge is -2.11. The minimum absolute atomic E-state index is 0.0297. The smallest absolute Gasteiger partial charge is 0.234 e. The zero-order valence-electron chi connectivity index (χ0n) is 16.8. The van der Waals surface area contributed by atoms with Crippen LogP contribution in [0.3, 0.4) is 0 Å². The van der Waals surface area contributed by atoms with Gasteiger partial charge in [0.15, 0.2) is 0 Å². The SMILES string of the molecule is Cc1cccc(C)c1NC(=O)CSCc1csc(-c2ccc(C(C)C)cc2)n1. The molecule has 146 valence electrons. The Labute approximate surface area is 175 Å². The second kappa shape index (κ2) is 9.39. The molecule has 0 atom stereocenters. The van der Waals surface area contributed by atoms with Gasteiger partial charge in [-0.3, -0.25) is 4.79 Å². The summed E-state index contributed by atoms with van der Waals surface area (Å²) in [7, 11) is 0. The molecule has 2 aromatic carbocycles. The predicted octanol–water partition coefficient (Wildman–Crippen LogP) is 6.42. The van der Waals surface area contributed by atoms with Gasteiger partial charge in [0.2, 0.25) is 5.91 Å². The van der Waals surface area contributed by atoms with Gasteiger partial charge in [0.25, 0.3) is 0 Å². The first-order valence-corrected chi connectivity index (χ1v) is 11.5. The molecule has 5 heteroatoms. The van der Waals surface area contributed by atoms with Gasteiger partial charge in [-0.25, -0.2) is 4.98 Å². The molecular formula is C23H26N2OS2. The maximum atomic E-state index is 12.3. The third kappa shape index (κ3) is 5.24. The number of amides is 1. The van der Waals surface area contributed by atoms with E-state index >= 15 is 0 Å². The lowest BCUT2D eigenvalue weighted by Crippen LogP contribution is -2.15. The predicted molar refractivity (Wildman–Crippen MR) is 122 cm³/mol. The molecule has 0 spiro atoms. The van der Waals surface area contributed by atoms with Crippen LogP contribution in [-0.2, 0) is 10.5 Å². The summed E-state index contributed by atoms with van der Waals surface area (Å²) in [6, 6.07) is 14.7. The maximum absolute atomic E-state index is 12.3. The number of thioether (sulfide) groups is 1. The number of para-hydroxylation sites is 1. The van der Waals surface area contributed by atoms with Gasteiger partial charge in [0.1, 0.15) is 5.01 Å². The summed E-state index contributed by atoms with van der Waals surface area (Å²) in [6.45, 7) is 8.43. The fourth-order valence-electron chi connectivity index (χ4n) is 2.95. The van der Waals surface area contributed by atoms with E-state index in [1.807, 2.05) is 32.0 Å². The molecule has 3 aromatic rings. The van der Waals surface area contributed by atoms with Crippen molar-refractivity contribution in [2.75, 3.05) is 11.1 Å². The summed E-state index contributed by atoms with van der Waals surface area (Å²) in [5.41, 5.74) is 6.62. The molecule has 0 aliphatic heterocycles. The van der Waals surface area contributed by atoms with E-state index in [0.717, 1.165) is 38.8 Å². The van der Waals surface area contributed by atoms with Crippen molar-refractivity contribution in [3.63, 3.8) is 0 Å². The third-order valence-corrected chi connectivity index (χ3v) is 6.51. The van der Waals surface area contributed by atoms with Crippen molar-refractivity contribution < 1.29 is 4.79 Å². The largest absolute Gasteiger partial charge is 0.325 e. The molecule has 0 bridgehead atoms. The van der Waals surface area contributed by atoms with Crippen molar-refractivity contribution in [1.82, 2.24) is 4.98 Å². The highest BCUT2D eigenvalue weighted by Crippen LogP contribution is 2.27. The van der Waals surface area contributed by atoms with Crippen molar-refractivity contribution >= 4 is 34.7 Å². The number of carbonyl (C=O) groups excluding carboxylic acids is 1. The molecule has 1 heterocycles. The Balaban J connectivity index is 1.52. The number of benzene rings is 2. The van der Waals surface area contributed by atoms with Crippen LogP contribution in [0.15, 0.2) is 47.8 Å². The fraction of sp³-hybridized carbons (Fsp3) is 0.304. The molecule has 3 rings (SSSR count). The summed E-state index contributed by atoms with van der Waals surface area (Å²) in [6.07, 6.45) is 0. The second-order valence-electron chi connectivity index (χ2n) is 7.23. The highest BCUT2D eigenvalue weighted by atomic mass is 32.2. The number of nitrogens with zero attached hydrogens (tertiary/aromatic N) is 1. The number of carbonyl (C=O) groups is 1. The van der Waals surface area contributed by atoms with Gasteiger partial charge >= 0.3 is 0 Å². The van der Waals surface area contributed by atoms with E-state index in [9.17, 15) is 4.79 Å². The lowest BCUT2D eigenvalue weighted by molar-refractivity contribution is -0.113. The molecule has 0 fully saturated rings. The Morgan fingerprint density at radius 2 is 1.79 bits per heavy atom. The number of hydrogen-bond donors (Lipinski definition) is 1. The summed E-state index contributed by atoms with van der Waals surface area (Å²) in [4.78, 5) is 17.0. The summed E-state index contributed by atoms with van der Waals surface area (Å²) in [5.74, 6) is 1.72. The summed E-state index contributed by atoms with van der Waals surface area (Å²) in [5, 5.41) is 6.15. The Morgan fingerprint density at radius 1 is 1.11 bits per heavy atom. The molecule has 0 unspecified atom stereocenters.